The van der Waals surface area contributed by atoms with Gasteiger partial charge >= 0.3 is 5.69 Å². The van der Waals surface area contributed by atoms with Crippen molar-refractivity contribution in [2.75, 3.05) is 0 Å². The molecule has 12 heavy (non-hydrogen) atoms. The van der Waals surface area contributed by atoms with Crippen molar-refractivity contribution < 1.29 is 9.31 Å². The summed E-state index contributed by atoms with van der Waals surface area (Å²) < 4.78 is 12.8. The fourth-order valence-corrected chi connectivity index (χ4v) is 1.30. The minimum Gasteiger partial charge on any atom is -0.258 e. The second kappa shape index (κ2) is 3.44. The van der Waals surface area contributed by atoms with Crippen molar-refractivity contribution in [3.63, 3.8) is 0 Å². The van der Waals surface area contributed by atoms with Gasteiger partial charge in [0.1, 0.15) is 0 Å². The molecule has 1 aromatic rings. The maximum Gasteiger partial charge on any atom is 0.338 e. The number of halogens is 3. The number of pyridine rings is 1. The van der Waals surface area contributed by atoms with E-state index in [9.17, 15) is 14.5 Å². The molecule has 0 aliphatic carbocycles. The SMILES string of the molecule is O=[N+]([O-])c1c(Br)ncc(Br)c1F. The fourth-order valence-electron chi connectivity index (χ4n) is 0.590. The topological polar surface area (TPSA) is 56.0 Å². The van der Waals surface area contributed by atoms with Crippen LogP contribution in [0.3, 0.4) is 0 Å². The van der Waals surface area contributed by atoms with E-state index in [4.69, 9.17) is 0 Å². The van der Waals surface area contributed by atoms with E-state index < -0.39 is 16.4 Å². The van der Waals surface area contributed by atoms with E-state index in [1.54, 1.807) is 0 Å². The van der Waals surface area contributed by atoms with E-state index >= 15 is 0 Å². The predicted molar refractivity (Wildman–Crippen MR) is 46.2 cm³/mol. The van der Waals surface area contributed by atoms with Gasteiger partial charge in [-0.1, -0.05) is 0 Å². The third kappa shape index (κ3) is 1.61. The molecule has 0 saturated heterocycles. The Morgan fingerprint density at radius 1 is 1.58 bits per heavy atom. The highest BCUT2D eigenvalue weighted by Gasteiger charge is 2.22. The highest BCUT2D eigenvalue weighted by Crippen LogP contribution is 2.29. The molecule has 0 amide bonds. The number of nitrogens with zero attached hydrogens (tertiary/aromatic N) is 2. The van der Waals surface area contributed by atoms with Gasteiger partial charge in [0.2, 0.25) is 5.82 Å². The van der Waals surface area contributed by atoms with E-state index in [0.29, 0.717) is 0 Å². The van der Waals surface area contributed by atoms with Gasteiger partial charge in [-0.15, -0.1) is 0 Å². The molecular formula is C5HBr2FN2O2. The molecule has 0 atom stereocenters. The van der Waals surface area contributed by atoms with Crippen molar-refractivity contribution in [1.29, 1.82) is 0 Å². The highest BCUT2D eigenvalue weighted by molar-refractivity contribution is 9.11. The Kier molecular flexibility index (Phi) is 2.73. The van der Waals surface area contributed by atoms with Crippen LogP contribution in [0.4, 0.5) is 10.1 Å². The lowest BCUT2D eigenvalue weighted by Crippen LogP contribution is -1.96. The van der Waals surface area contributed by atoms with Crippen LogP contribution in [0.1, 0.15) is 0 Å². The summed E-state index contributed by atoms with van der Waals surface area (Å²) in [5.41, 5.74) is -0.663. The molecule has 0 bridgehead atoms. The number of hydrogen-bond donors (Lipinski definition) is 0. The molecule has 7 heteroatoms. The summed E-state index contributed by atoms with van der Waals surface area (Å²) in [6, 6.07) is 0. The zero-order chi connectivity index (χ0) is 9.30. The molecule has 0 aliphatic heterocycles. The highest BCUT2D eigenvalue weighted by atomic mass is 79.9. The van der Waals surface area contributed by atoms with Gasteiger partial charge in [-0.3, -0.25) is 10.1 Å². The maximum absolute atomic E-state index is 13.0. The van der Waals surface area contributed by atoms with Crippen LogP contribution in [0, 0.1) is 15.9 Å². The summed E-state index contributed by atoms with van der Waals surface area (Å²) in [5.74, 6) is -0.929. The predicted octanol–water partition coefficient (Wildman–Crippen LogP) is 2.65. The average Bonchev–Trinajstić information content (AvgIpc) is 1.97. The van der Waals surface area contributed by atoms with Gasteiger partial charge in [0, 0.05) is 6.20 Å². The second-order valence-corrected chi connectivity index (χ2v) is 3.42. The van der Waals surface area contributed by atoms with Gasteiger partial charge in [0.05, 0.1) is 9.40 Å². The van der Waals surface area contributed by atoms with Crippen LogP contribution in [-0.4, -0.2) is 9.91 Å². The van der Waals surface area contributed by atoms with E-state index in [0.717, 1.165) is 6.20 Å². The molecule has 4 nitrogen and oxygen atoms in total. The molecule has 0 unspecified atom stereocenters. The third-order valence-corrected chi connectivity index (χ3v) is 2.22. The maximum atomic E-state index is 13.0. The van der Waals surface area contributed by atoms with Crippen molar-refractivity contribution in [1.82, 2.24) is 4.98 Å². The van der Waals surface area contributed by atoms with Crippen LogP contribution in [0.2, 0.25) is 0 Å². The Morgan fingerprint density at radius 3 is 2.58 bits per heavy atom. The van der Waals surface area contributed by atoms with E-state index in [1.165, 1.54) is 0 Å². The van der Waals surface area contributed by atoms with Crippen molar-refractivity contribution in [3.8, 4) is 0 Å². The average molecular weight is 300 g/mol. The van der Waals surface area contributed by atoms with Crippen LogP contribution in [0.15, 0.2) is 15.3 Å². The van der Waals surface area contributed by atoms with Gasteiger partial charge in [-0.05, 0) is 31.9 Å². The summed E-state index contributed by atoms with van der Waals surface area (Å²) >= 11 is 5.55. The van der Waals surface area contributed by atoms with Crippen LogP contribution in [0.25, 0.3) is 0 Å². The van der Waals surface area contributed by atoms with Crippen LogP contribution in [0.5, 0.6) is 0 Å². The molecule has 1 heterocycles. The third-order valence-electron chi connectivity index (χ3n) is 1.09. The van der Waals surface area contributed by atoms with E-state index in [2.05, 4.69) is 36.8 Å². The van der Waals surface area contributed by atoms with Crippen LogP contribution in [-0.2, 0) is 0 Å². The number of hydrogen-bond acceptors (Lipinski definition) is 3. The van der Waals surface area contributed by atoms with E-state index in [-0.39, 0.29) is 9.08 Å². The number of nitro groups is 1. The number of aromatic nitrogens is 1. The zero-order valence-electron chi connectivity index (χ0n) is 5.42. The number of rotatable bonds is 1. The monoisotopic (exact) mass is 298 g/mol. The van der Waals surface area contributed by atoms with Crippen molar-refractivity contribution >= 4 is 37.5 Å². The Labute approximate surface area is 83.2 Å². The van der Waals surface area contributed by atoms with Crippen molar-refractivity contribution in [2.24, 2.45) is 0 Å². The summed E-state index contributed by atoms with van der Waals surface area (Å²) in [7, 11) is 0. The molecule has 0 saturated carbocycles. The standard InChI is InChI=1S/C5HBr2FN2O2/c6-2-1-9-5(7)4(3(2)8)10(11)12/h1H. The summed E-state index contributed by atoms with van der Waals surface area (Å²) in [6.07, 6.45) is 1.15. The summed E-state index contributed by atoms with van der Waals surface area (Å²) in [5, 5.41) is 10.3. The lowest BCUT2D eigenvalue weighted by molar-refractivity contribution is -0.388. The Hall–Kier alpha value is -0.560. The molecule has 1 rings (SSSR count). The lowest BCUT2D eigenvalue weighted by atomic mass is 10.4. The minimum atomic E-state index is -0.929. The van der Waals surface area contributed by atoms with Crippen LogP contribution < -0.4 is 0 Å². The Balaban J connectivity index is 3.43. The Morgan fingerprint density at radius 2 is 2.17 bits per heavy atom. The molecule has 0 aromatic carbocycles. The fraction of sp³-hybridized carbons (Fsp3) is 0. The first-order chi connectivity index (χ1) is 5.54. The van der Waals surface area contributed by atoms with Gasteiger partial charge in [0.15, 0.2) is 4.60 Å². The minimum absolute atomic E-state index is 0.0302. The van der Waals surface area contributed by atoms with E-state index in [1.807, 2.05) is 0 Å². The molecule has 0 aliphatic rings. The van der Waals surface area contributed by atoms with Gasteiger partial charge in [-0.2, -0.15) is 4.39 Å². The molecule has 0 radical (unpaired) electrons. The largest absolute Gasteiger partial charge is 0.338 e. The van der Waals surface area contributed by atoms with Crippen molar-refractivity contribution in [2.45, 2.75) is 0 Å². The smallest absolute Gasteiger partial charge is 0.258 e. The first-order valence-corrected chi connectivity index (χ1v) is 4.26. The first kappa shape index (κ1) is 9.53. The molecule has 0 N–H and O–H groups in total. The normalized spacial score (nSPS) is 9.92. The first-order valence-electron chi connectivity index (χ1n) is 2.68. The van der Waals surface area contributed by atoms with Gasteiger partial charge in [0.25, 0.3) is 0 Å². The lowest BCUT2D eigenvalue weighted by Gasteiger charge is -1.96. The molecule has 0 spiro atoms. The summed E-state index contributed by atoms with van der Waals surface area (Å²) in [4.78, 5) is 13.0. The second-order valence-electron chi connectivity index (χ2n) is 1.82. The zero-order valence-corrected chi connectivity index (χ0v) is 8.59. The Bertz CT molecular complexity index is 344. The molecule has 1 aromatic heterocycles. The van der Waals surface area contributed by atoms with Crippen LogP contribution >= 0.6 is 31.9 Å². The summed E-state index contributed by atoms with van der Waals surface area (Å²) in [6.45, 7) is 0. The molecular weight excluding hydrogens is 299 g/mol. The molecule has 64 valence electrons. The van der Waals surface area contributed by atoms with Crippen molar-refractivity contribution in [3.05, 3.63) is 31.2 Å². The quantitative estimate of drug-likeness (QED) is 0.455. The van der Waals surface area contributed by atoms with Gasteiger partial charge < -0.3 is 0 Å². The van der Waals surface area contributed by atoms with Gasteiger partial charge in [-0.25, -0.2) is 4.98 Å². The molecule has 0 fully saturated rings.